The fourth-order valence-corrected chi connectivity index (χ4v) is 7.18. The van der Waals surface area contributed by atoms with Gasteiger partial charge in [-0.05, 0) is 6.92 Å². The number of nitrogens with one attached hydrogen (secondary N) is 2. The van der Waals surface area contributed by atoms with Crippen LogP contribution in [0.4, 0.5) is 0 Å². The second-order valence-electron chi connectivity index (χ2n) is 14.6. The van der Waals surface area contributed by atoms with Crippen molar-refractivity contribution in [1.82, 2.24) is 10.6 Å². The first-order chi connectivity index (χ1) is 27.6. The highest BCUT2D eigenvalue weighted by Gasteiger charge is 2.60. The Morgan fingerprint density at radius 2 is 1.31 bits per heavy atom. The van der Waals surface area contributed by atoms with Gasteiger partial charge in [-0.2, -0.15) is 0 Å². The Bertz CT molecular complexity index is 1450. The van der Waals surface area contributed by atoms with E-state index in [1.165, 1.54) is 6.92 Å². The molecule has 4 saturated heterocycles. The standard InChI is InChI=1S/C33H54N2O24/c1-9-19(43)22(46)23(47)30(53-9)56-25-16(7-37)54-29(49)18(35-11(3)39)27(25)57-31-24(48)28(21(45)15(6-36)55-31)59-33(32(50)51)5-13(41)17(34-10(2)38)26(58-33)20(44)14(42)8-52-12(4)40/h9,13-31,36-37,41-49H,5-8H2,1-4H3,(H,34,38)(H,35,39)(H,50,51)/t9-,13-,14+,15+,16+,17+,18+,19+,20+,21-,22+,23-,24+,25+,26+,27+,28-,29+,30-,31-,33-/m0/s1. The van der Waals surface area contributed by atoms with E-state index < -0.39 is 178 Å². The van der Waals surface area contributed by atoms with E-state index in [0.717, 1.165) is 20.8 Å². The van der Waals surface area contributed by atoms with E-state index in [2.05, 4.69) is 10.6 Å². The molecule has 21 atom stereocenters. The number of aliphatic carboxylic acids is 1. The van der Waals surface area contributed by atoms with Gasteiger partial charge in [0.2, 0.25) is 11.8 Å². The molecule has 26 nitrogen and oxygen atoms in total. The summed E-state index contributed by atoms with van der Waals surface area (Å²) in [7, 11) is 0. The molecular formula is C33H54N2O24. The summed E-state index contributed by atoms with van der Waals surface area (Å²) >= 11 is 0. The van der Waals surface area contributed by atoms with Gasteiger partial charge in [0.05, 0.1) is 31.5 Å². The molecule has 0 aromatic heterocycles. The first kappa shape index (κ1) is 48.8. The second kappa shape index (κ2) is 20.4. The topological polar surface area (TPSA) is 409 Å². The maximum absolute atomic E-state index is 13.0. The molecule has 2 amide bonds. The van der Waals surface area contributed by atoms with Crippen molar-refractivity contribution in [3.8, 4) is 0 Å². The van der Waals surface area contributed by atoms with Crippen LogP contribution in [0.25, 0.3) is 0 Å². The first-order valence-electron chi connectivity index (χ1n) is 18.5. The summed E-state index contributed by atoms with van der Waals surface area (Å²) in [6.45, 7) is 1.48. The van der Waals surface area contributed by atoms with Gasteiger partial charge < -0.3 is 110 Å². The summed E-state index contributed by atoms with van der Waals surface area (Å²) in [5, 5.41) is 133. The smallest absolute Gasteiger partial charge is 0.364 e. The van der Waals surface area contributed by atoms with Gasteiger partial charge >= 0.3 is 11.9 Å². The van der Waals surface area contributed by atoms with Crippen molar-refractivity contribution in [3.63, 3.8) is 0 Å². The predicted octanol–water partition coefficient (Wildman–Crippen LogP) is -8.66. The molecule has 0 saturated carbocycles. The Hall–Kier alpha value is -2.84. The summed E-state index contributed by atoms with van der Waals surface area (Å²) in [6, 6.07) is -3.32. The normalized spacial score (nSPS) is 43.8. The number of esters is 1. The van der Waals surface area contributed by atoms with Crippen molar-refractivity contribution in [2.75, 3.05) is 19.8 Å². The van der Waals surface area contributed by atoms with Crippen LogP contribution in [0, 0.1) is 0 Å². The maximum Gasteiger partial charge on any atom is 0.364 e. The zero-order valence-electron chi connectivity index (χ0n) is 32.1. The zero-order valence-corrected chi connectivity index (χ0v) is 32.1. The maximum atomic E-state index is 13.0. The van der Waals surface area contributed by atoms with E-state index in [0.29, 0.717) is 0 Å². The van der Waals surface area contributed by atoms with Gasteiger partial charge in [0.25, 0.3) is 5.79 Å². The van der Waals surface area contributed by atoms with Crippen LogP contribution >= 0.6 is 0 Å². The summed E-state index contributed by atoms with van der Waals surface area (Å²) in [4.78, 5) is 48.7. The van der Waals surface area contributed by atoms with Crippen molar-refractivity contribution in [2.24, 2.45) is 0 Å². The van der Waals surface area contributed by atoms with Gasteiger partial charge in [-0.3, -0.25) is 14.4 Å². The molecule has 0 aromatic rings. The van der Waals surface area contributed by atoms with E-state index in [4.69, 9.17) is 37.9 Å². The van der Waals surface area contributed by atoms with Crippen LogP contribution in [0.1, 0.15) is 34.1 Å². The number of aliphatic hydroxyl groups excluding tert-OH is 11. The van der Waals surface area contributed by atoms with Crippen molar-refractivity contribution in [1.29, 1.82) is 0 Å². The van der Waals surface area contributed by atoms with Gasteiger partial charge in [0.15, 0.2) is 18.9 Å². The molecule has 59 heavy (non-hydrogen) atoms. The van der Waals surface area contributed by atoms with Gasteiger partial charge in [-0.15, -0.1) is 0 Å². The average molecular weight is 863 g/mol. The minimum Gasteiger partial charge on any atom is -0.477 e. The number of aliphatic hydroxyl groups is 11. The number of ether oxygens (including phenoxy) is 8. The van der Waals surface area contributed by atoms with Crippen LogP contribution in [0.5, 0.6) is 0 Å². The molecule has 0 radical (unpaired) electrons. The minimum absolute atomic E-state index is 0.799. The lowest BCUT2D eigenvalue weighted by atomic mass is 9.88. The molecule has 4 heterocycles. The third kappa shape index (κ3) is 11.0. The Kier molecular flexibility index (Phi) is 16.8. The van der Waals surface area contributed by atoms with Crippen LogP contribution in [-0.2, 0) is 57.1 Å². The predicted molar refractivity (Wildman–Crippen MR) is 182 cm³/mol. The lowest BCUT2D eigenvalue weighted by molar-refractivity contribution is -0.389. The Morgan fingerprint density at radius 1 is 0.729 bits per heavy atom. The van der Waals surface area contributed by atoms with Crippen molar-refractivity contribution in [3.05, 3.63) is 0 Å². The van der Waals surface area contributed by atoms with Crippen LogP contribution in [0.3, 0.4) is 0 Å². The lowest BCUT2D eigenvalue weighted by Crippen LogP contribution is -2.71. The fourth-order valence-electron chi connectivity index (χ4n) is 7.18. The molecule has 4 aliphatic rings. The van der Waals surface area contributed by atoms with Gasteiger partial charge in [-0.1, -0.05) is 0 Å². The molecule has 14 N–H and O–H groups in total. The van der Waals surface area contributed by atoms with E-state index in [1.54, 1.807) is 0 Å². The van der Waals surface area contributed by atoms with E-state index in [-0.39, 0.29) is 0 Å². The van der Waals surface area contributed by atoms with Gasteiger partial charge in [-0.25, -0.2) is 4.79 Å². The number of carboxylic acids is 1. The van der Waals surface area contributed by atoms with Crippen LogP contribution in [-0.4, -0.2) is 233 Å². The number of amides is 2. The summed E-state index contributed by atoms with van der Waals surface area (Å²) in [5.41, 5.74) is 0. The molecule has 340 valence electrons. The van der Waals surface area contributed by atoms with Crippen LogP contribution < -0.4 is 10.6 Å². The van der Waals surface area contributed by atoms with Crippen LogP contribution in [0.2, 0.25) is 0 Å². The van der Waals surface area contributed by atoms with Crippen molar-refractivity contribution in [2.45, 2.75) is 162 Å². The minimum atomic E-state index is -3.16. The number of hydrogen-bond donors (Lipinski definition) is 14. The number of carboxylic acid groups (broad SMARTS) is 1. The SMILES string of the molecule is CC(=O)N[C@@H]1[C@@H](O[C@@H]2O[C@H](CO)[C@H](O)[C@H](O[C@]3(C(=O)O)C[C@H](O)[C@@H](NC(C)=O)[C@H]([C@H](O)[C@H](O)COC(C)=O)O3)[C@H]2O)[C@H](O[C@@H]2O[C@@H](C)[C@@H](O)[C@@H](O)[C@@H]2O)[C@@H](CO)O[C@H]1O. The monoisotopic (exact) mass is 862 g/mol. The Balaban J connectivity index is 1.71. The number of hydrogen-bond acceptors (Lipinski definition) is 23. The lowest BCUT2D eigenvalue weighted by Gasteiger charge is -2.51. The molecule has 4 fully saturated rings. The molecule has 4 rings (SSSR count). The highest BCUT2D eigenvalue weighted by molar-refractivity contribution is 5.76. The van der Waals surface area contributed by atoms with Crippen molar-refractivity contribution >= 4 is 23.8 Å². The first-order valence-corrected chi connectivity index (χ1v) is 18.5. The van der Waals surface area contributed by atoms with Crippen LogP contribution in [0.15, 0.2) is 0 Å². The van der Waals surface area contributed by atoms with E-state index >= 15 is 0 Å². The Morgan fingerprint density at radius 3 is 1.86 bits per heavy atom. The molecule has 0 bridgehead atoms. The quantitative estimate of drug-likeness (QED) is 0.0680. The van der Waals surface area contributed by atoms with Gasteiger partial charge in [0, 0.05) is 27.2 Å². The molecule has 26 heteroatoms. The molecule has 0 aromatic carbocycles. The number of carbonyl (C=O) groups is 4. The van der Waals surface area contributed by atoms with E-state index in [1.807, 2.05) is 0 Å². The van der Waals surface area contributed by atoms with Gasteiger partial charge in [0.1, 0.15) is 92.0 Å². The largest absolute Gasteiger partial charge is 0.477 e. The second-order valence-corrected chi connectivity index (χ2v) is 14.6. The molecular weight excluding hydrogens is 808 g/mol. The zero-order chi connectivity index (χ0) is 44.3. The molecule has 0 spiro atoms. The number of carbonyl (C=O) groups excluding carboxylic acids is 3. The third-order valence-electron chi connectivity index (χ3n) is 10.2. The highest BCUT2D eigenvalue weighted by atomic mass is 16.8. The molecule has 0 aliphatic carbocycles. The molecule has 4 aliphatic heterocycles. The summed E-state index contributed by atoms with van der Waals surface area (Å²) in [6.07, 6.45) is -35.5. The summed E-state index contributed by atoms with van der Waals surface area (Å²) < 4.78 is 44.5. The summed E-state index contributed by atoms with van der Waals surface area (Å²) in [5.74, 6) is -7.68. The highest BCUT2D eigenvalue weighted by Crippen LogP contribution is 2.39. The third-order valence-corrected chi connectivity index (χ3v) is 10.2. The average Bonchev–Trinajstić information content (AvgIpc) is 3.16. The Labute approximate surface area is 335 Å². The fraction of sp³-hybridized carbons (Fsp3) is 0.879. The molecule has 0 unspecified atom stereocenters. The number of rotatable bonds is 15. The van der Waals surface area contributed by atoms with E-state index in [9.17, 15) is 80.5 Å². The van der Waals surface area contributed by atoms with Crippen molar-refractivity contribution < 1.29 is 118 Å².